The molecule has 1 aromatic carbocycles. The number of carbonyl (C=O) groups is 1. The zero-order chi connectivity index (χ0) is 12.4. The minimum Gasteiger partial charge on any atom is -0.508 e. The van der Waals surface area contributed by atoms with Crippen molar-refractivity contribution in [3.8, 4) is 5.75 Å². The molecule has 17 heavy (non-hydrogen) atoms. The Balaban J connectivity index is 2.04. The van der Waals surface area contributed by atoms with Crippen molar-refractivity contribution in [1.29, 1.82) is 0 Å². The Morgan fingerprint density at radius 1 is 1.47 bits per heavy atom. The summed E-state index contributed by atoms with van der Waals surface area (Å²) in [6.45, 7) is 3.74. The van der Waals surface area contributed by atoms with Crippen molar-refractivity contribution in [1.82, 2.24) is 4.90 Å². The molecule has 1 heterocycles. The van der Waals surface area contributed by atoms with E-state index in [2.05, 4.69) is 11.8 Å². The fourth-order valence-corrected chi connectivity index (χ4v) is 2.33. The topological polar surface area (TPSA) is 66.6 Å². The van der Waals surface area contributed by atoms with E-state index in [4.69, 9.17) is 5.73 Å². The van der Waals surface area contributed by atoms with Crippen LogP contribution in [-0.2, 0) is 4.79 Å². The molecule has 0 bridgehead atoms. The van der Waals surface area contributed by atoms with Gasteiger partial charge in [0.05, 0.1) is 5.92 Å². The molecule has 2 rings (SSSR count). The Morgan fingerprint density at radius 3 is 2.65 bits per heavy atom. The van der Waals surface area contributed by atoms with Crippen molar-refractivity contribution in [2.45, 2.75) is 19.4 Å². The number of likely N-dealkylation sites (tertiary alicyclic amines) is 1. The van der Waals surface area contributed by atoms with Gasteiger partial charge in [0.25, 0.3) is 0 Å². The zero-order valence-electron chi connectivity index (χ0n) is 9.97. The summed E-state index contributed by atoms with van der Waals surface area (Å²) in [5, 5.41) is 9.24. The molecule has 1 amide bonds. The molecule has 0 spiro atoms. The number of carbonyl (C=O) groups excluding carboxylic acids is 1. The van der Waals surface area contributed by atoms with Crippen molar-refractivity contribution < 1.29 is 9.90 Å². The number of aromatic hydroxyl groups is 1. The van der Waals surface area contributed by atoms with Gasteiger partial charge in [-0.3, -0.25) is 9.69 Å². The van der Waals surface area contributed by atoms with Crippen molar-refractivity contribution in [3.63, 3.8) is 0 Å². The van der Waals surface area contributed by atoms with Gasteiger partial charge in [-0.25, -0.2) is 0 Å². The lowest BCUT2D eigenvalue weighted by atomic mass is 10.1. The van der Waals surface area contributed by atoms with Crippen molar-refractivity contribution in [2.24, 2.45) is 11.7 Å². The molecule has 3 N–H and O–H groups in total. The highest BCUT2D eigenvalue weighted by Gasteiger charge is 2.29. The third-order valence-corrected chi connectivity index (χ3v) is 3.55. The first-order chi connectivity index (χ1) is 8.08. The van der Waals surface area contributed by atoms with E-state index in [1.165, 1.54) is 0 Å². The minimum atomic E-state index is -0.203. The first kappa shape index (κ1) is 11.9. The number of phenols is 1. The van der Waals surface area contributed by atoms with Crippen LogP contribution in [0.1, 0.15) is 24.9 Å². The smallest absolute Gasteiger partial charge is 0.221 e. The molecule has 1 aliphatic rings. The molecular formula is C13H18N2O2. The second kappa shape index (κ2) is 4.75. The minimum absolute atomic E-state index is 0.0189. The van der Waals surface area contributed by atoms with Crippen LogP contribution < -0.4 is 5.73 Å². The summed E-state index contributed by atoms with van der Waals surface area (Å²) in [7, 11) is 0. The lowest BCUT2D eigenvalue weighted by Gasteiger charge is -2.24. The predicted molar refractivity (Wildman–Crippen MR) is 65.4 cm³/mol. The van der Waals surface area contributed by atoms with Crippen LogP contribution in [0.4, 0.5) is 0 Å². The Bertz CT molecular complexity index is 402. The highest BCUT2D eigenvalue weighted by Crippen LogP contribution is 2.27. The van der Waals surface area contributed by atoms with E-state index in [0.717, 1.165) is 25.1 Å². The van der Waals surface area contributed by atoms with Crippen LogP contribution >= 0.6 is 0 Å². The molecule has 1 fully saturated rings. The monoisotopic (exact) mass is 234 g/mol. The molecule has 0 saturated carbocycles. The molecule has 4 heteroatoms. The molecule has 0 aromatic heterocycles. The van der Waals surface area contributed by atoms with Gasteiger partial charge in [0.1, 0.15) is 5.75 Å². The lowest BCUT2D eigenvalue weighted by Crippen LogP contribution is -2.29. The van der Waals surface area contributed by atoms with Gasteiger partial charge in [0.2, 0.25) is 5.91 Å². The van der Waals surface area contributed by atoms with Crippen LogP contribution in [0.25, 0.3) is 0 Å². The SMILES string of the molecule is CC(c1ccc(O)cc1)N1CCC(C(N)=O)C1. The first-order valence-corrected chi connectivity index (χ1v) is 5.90. The van der Waals surface area contributed by atoms with Gasteiger partial charge in [-0.05, 0) is 37.6 Å². The lowest BCUT2D eigenvalue weighted by molar-refractivity contribution is -0.121. The molecule has 92 valence electrons. The van der Waals surface area contributed by atoms with E-state index in [9.17, 15) is 9.90 Å². The average molecular weight is 234 g/mol. The van der Waals surface area contributed by atoms with Crippen molar-refractivity contribution in [3.05, 3.63) is 29.8 Å². The largest absolute Gasteiger partial charge is 0.508 e. The number of hydrogen-bond donors (Lipinski definition) is 2. The fourth-order valence-electron chi connectivity index (χ4n) is 2.33. The maximum absolute atomic E-state index is 11.1. The van der Waals surface area contributed by atoms with Gasteiger partial charge in [-0.15, -0.1) is 0 Å². The molecular weight excluding hydrogens is 216 g/mol. The quantitative estimate of drug-likeness (QED) is 0.827. The first-order valence-electron chi connectivity index (χ1n) is 5.90. The highest BCUT2D eigenvalue weighted by atomic mass is 16.3. The van der Waals surface area contributed by atoms with Crippen LogP contribution in [0.15, 0.2) is 24.3 Å². The van der Waals surface area contributed by atoms with Gasteiger partial charge in [0, 0.05) is 12.6 Å². The summed E-state index contributed by atoms with van der Waals surface area (Å²) >= 11 is 0. The average Bonchev–Trinajstić information content (AvgIpc) is 2.78. The Labute approximate surface area is 101 Å². The summed E-state index contributed by atoms with van der Waals surface area (Å²) < 4.78 is 0. The molecule has 2 atom stereocenters. The summed E-state index contributed by atoms with van der Waals surface area (Å²) in [5.41, 5.74) is 6.47. The molecule has 1 aliphatic heterocycles. The molecule has 0 radical (unpaired) electrons. The number of phenolic OH excluding ortho intramolecular Hbond substituents is 1. The van der Waals surface area contributed by atoms with Gasteiger partial charge >= 0.3 is 0 Å². The predicted octanol–water partition coefficient (Wildman–Crippen LogP) is 1.26. The van der Waals surface area contributed by atoms with E-state index in [1.54, 1.807) is 12.1 Å². The standard InChI is InChI=1S/C13H18N2O2/c1-9(10-2-4-12(16)5-3-10)15-7-6-11(8-15)13(14)17/h2-5,9,11,16H,6-8H2,1H3,(H2,14,17). The van der Waals surface area contributed by atoms with Crippen LogP contribution in [0.5, 0.6) is 5.75 Å². The molecule has 0 aliphatic carbocycles. The maximum Gasteiger partial charge on any atom is 0.221 e. The number of nitrogens with two attached hydrogens (primary N) is 1. The third-order valence-electron chi connectivity index (χ3n) is 3.55. The normalized spacial score (nSPS) is 22.5. The van der Waals surface area contributed by atoms with E-state index in [0.29, 0.717) is 0 Å². The Kier molecular flexibility index (Phi) is 3.33. The van der Waals surface area contributed by atoms with Gasteiger partial charge in [0.15, 0.2) is 0 Å². The zero-order valence-corrected chi connectivity index (χ0v) is 9.97. The molecule has 2 unspecified atom stereocenters. The number of benzene rings is 1. The van der Waals surface area contributed by atoms with Gasteiger partial charge in [-0.2, -0.15) is 0 Å². The van der Waals surface area contributed by atoms with Crippen molar-refractivity contribution >= 4 is 5.91 Å². The maximum atomic E-state index is 11.1. The van der Waals surface area contributed by atoms with Crippen LogP contribution in [0.2, 0.25) is 0 Å². The summed E-state index contributed by atoms with van der Waals surface area (Å²) in [6.07, 6.45) is 0.845. The van der Waals surface area contributed by atoms with Crippen LogP contribution in [-0.4, -0.2) is 29.0 Å². The summed E-state index contributed by atoms with van der Waals surface area (Å²) in [5.74, 6) is 0.0531. The Hall–Kier alpha value is -1.55. The van der Waals surface area contributed by atoms with Crippen LogP contribution in [0, 0.1) is 5.92 Å². The van der Waals surface area contributed by atoms with Crippen molar-refractivity contribution in [2.75, 3.05) is 13.1 Å². The van der Waals surface area contributed by atoms with Gasteiger partial charge in [-0.1, -0.05) is 12.1 Å². The third kappa shape index (κ3) is 2.58. The molecule has 4 nitrogen and oxygen atoms in total. The van der Waals surface area contributed by atoms with E-state index >= 15 is 0 Å². The summed E-state index contributed by atoms with van der Waals surface area (Å²) in [4.78, 5) is 13.4. The summed E-state index contributed by atoms with van der Waals surface area (Å²) in [6, 6.07) is 7.45. The molecule has 1 aromatic rings. The number of hydrogen-bond acceptors (Lipinski definition) is 3. The van der Waals surface area contributed by atoms with E-state index in [1.807, 2.05) is 12.1 Å². The number of amides is 1. The van der Waals surface area contributed by atoms with E-state index < -0.39 is 0 Å². The number of primary amides is 1. The highest BCUT2D eigenvalue weighted by molar-refractivity contribution is 5.77. The number of rotatable bonds is 3. The van der Waals surface area contributed by atoms with Gasteiger partial charge < -0.3 is 10.8 Å². The number of nitrogens with zero attached hydrogens (tertiary/aromatic N) is 1. The molecule has 1 saturated heterocycles. The second-order valence-electron chi connectivity index (χ2n) is 4.65. The van der Waals surface area contributed by atoms with E-state index in [-0.39, 0.29) is 23.6 Å². The fraction of sp³-hybridized carbons (Fsp3) is 0.462. The van der Waals surface area contributed by atoms with Crippen LogP contribution in [0.3, 0.4) is 0 Å². The second-order valence-corrected chi connectivity index (χ2v) is 4.65. The Morgan fingerprint density at radius 2 is 2.12 bits per heavy atom.